The van der Waals surface area contributed by atoms with Crippen LogP contribution < -0.4 is 0 Å². The predicted octanol–water partition coefficient (Wildman–Crippen LogP) is 1.98. The van der Waals surface area contributed by atoms with Crippen molar-refractivity contribution >= 4 is 0 Å². The maximum atomic E-state index is 10.0. The van der Waals surface area contributed by atoms with E-state index in [9.17, 15) is 5.11 Å². The molecule has 0 heterocycles. The SMILES string of the molecule is CCN(C)CC1C(C)CC(C)CC1O. The van der Waals surface area contributed by atoms with Crippen LogP contribution in [0.4, 0.5) is 0 Å². The van der Waals surface area contributed by atoms with Crippen molar-refractivity contribution in [1.29, 1.82) is 0 Å². The molecule has 0 aromatic heterocycles. The van der Waals surface area contributed by atoms with Crippen molar-refractivity contribution in [1.82, 2.24) is 4.90 Å². The molecule has 14 heavy (non-hydrogen) atoms. The molecule has 2 heteroatoms. The van der Waals surface area contributed by atoms with Gasteiger partial charge in [-0.15, -0.1) is 0 Å². The fraction of sp³-hybridized carbons (Fsp3) is 1.00. The zero-order chi connectivity index (χ0) is 10.7. The summed E-state index contributed by atoms with van der Waals surface area (Å²) >= 11 is 0. The molecule has 1 aliphatic carbocycles. The number of aliphatic hydroxyl groups excluding tert-OH is 1. The van der Waals surface area contributed by atoms with Gasteiger partial charge in [0.15, 0.2) is 0 Å². The van der Waals surface area contributed by atoms with E-state index in [-0.39, 0.29) is 6.10 Å². The van der Waals surface area contributed by atoms with Gasteiger partial charge >= 0.3 is 0 Å². The van der Waals surface area contributed by atoms with Crippen molar-refractivity contribution in [3.63, 3.8) is 0 Å². The Labute approximate surface area is 88.3 Å². The minimum absolute atomic E-state index is 0.0808. The van der Waals surface area contributed by atoms with Crippen LogP contribution in [0.15, 0.2) is 0 Å². The second kappa shape index (κ2) is 5.13. The lowest BCUT2D eigenvalue weighted by atomic mass is 9.73. The summed E-state index contributed by atoms with van der Waals surface area (Å²) in [5.41, 5.74) is 0. The molecule has 0 spiro atoms. The monoisotopic (exact) mass is 199 g/mol. The lowest BCUT2D eigenvalue weighted by molar-refractivity contribution is 0.00228. The summed E-state index contributed by atoms with van der Waals surface area (Å²) in [5.74, 6) is 1.85. The van der Waals surface area contributed by atoms with Crippen molar-refractivity contribution in [3.05, 3.63) is 0 Å². The van der Waals surface area contributed by atoms with Crippen LogP contribution in [0.5, 0.6) is 0 Å². The Balaban J connectivity index is 2.49. The molecular weight excluding hydrogens is 174 g/mol. The van der Waals surface area contributed by atoms with Crippen LogP contribution in [-0.4, -0.2) is 36.2 Å². The highest BCUT2D eigenvalue weighted by Crippen LogP contribution is 2.33. The summed E-state index contributed by atoms with van der Waals surface area (Å²) in [6.45, 7) is 8.83. The van der Waals surface area contributed by atoms with Gasteiger partial charge in [-0.3, -0.25) is 0 Å². The van der Waals surface area contributed by atoms with Crippen LogP contribution in [0.2, 0.25) is 0 Å². The standard InChI is InChI=1S/C12H25NO/c1-5-13(4)8-11-10(3)6-9(2)7-12(11)14/h9-12,14H,5-8H2,1-4H3. The normalized spacial score (nSPS) is 39.0. The van der Waals surface area contributed by atoms with E-state index in [0.29, 0.717) is 17.8 Å². The summed E-state index contributed by atoms with van der Waals surface area (Å²) in [7, 11) is 2.14. The summed E-state index contributed by atoms with van der Waals surface area (Å²) in [6.07, 6.45) is 2.19. The van der Waals surface area contributed by atoms with E-state index < -0.39 is 0 Å². The van der Waals surface area contributed by atoms with Crippen LogP contribution in [0.1, 0.15) is 33.6 Å². The van der Waals surface area contributed by atoms with Crippen molar-refractivity contribution in [2.75, 3.05) is 20.1 Å². The van der Waals surface area contributed by atoms with Crippen molar-refractivity contribution in [3.8, 4) is 0 Å². The highest BCUT2D eigenvalue weighted by Gasteiger charge is 2.32. The van der Waals surface area contributed by atoms with Gasteiger partial charge in [0.1, 0.15) is 0 Å². The predicted molar refractivity (Wildman–Crippen MR) is 60.2 cm³/mol. The summed E-state index contributed by atoms with van der Waals surface area (Å²) < 4.78 is 0. The molecule has 0 saturated heterocycles. The lowest BCUT2D eigenvalue weighted by Crippen LogP contribution is -2.41. The van der Waals surface area contributed by atoms with Crippen LogP contribution in [0, 0.1) is 17.8 Å². The van der Waals surface area contributed by atoms with Gasteiger partial charge in [0, 0.05) is 12.5 Å². The van der Waals surface area contributed by atoms with E-state index in [1.54, 1.807) is 0 Å². The van der Waals surface area contributed by atoms with E-state index in [1.807, 2.05) is 0 Å². The van der Waals surface area contributed by atoms with E-state index in [0.717, 1.165) is 19.5 Å². The molecule has 0 aromatic rings. The molecule has 0 bridgehead atoms. The lowest BCUT2D eigenvalue weighted by Gasteiger charge is -2.38. The molecule has 0 aliphatic heterocycles. The van der Waals surface area contributed by atoms with Gasteiger partial charge in [-0.1, -0.05) is 20.8 Å². The van der Waals surface area contributed by atoms with Crippen molar-refractivity contribution in [2.24, 2.45) is 17.8 Å². The molecule has 84 valence electrons. The summed E-state index contributed by atoms with van der Waals surface area (Å²) in [4.78, 5) is 2.31. The maximum Gasteiger partial charge on any atom is 0.0585 e. The second-order valence-corrected chi connectivity index (χ2v) is 5.14. The van der Waals surface area contributed by atoms with Gasteiger partial charge in [0.25, 0.3) is 0 Å². The topological polar surface area (TPSA) is 23.5 Å². The average Bonchev–Trinajstić information content (AvgIpc) is 2.10. The Hall–Kier alpha value is -0.0800. The zero-order valence-electron chi connectivity index (χ0n) is 10.0. The quantitative estimate of drug-likeness (QED) is 0.751. The summed E-state index contributed by atoms with van der Waals surface area (Å²) in [5, 5.41) is 10.0. The number of hydrogen-bond acceptors (Lipinski definition) is 2. The minimum Gasteiger partial charge on any atom is -0.393 e. The third-order valence-electron chi connectivity index (χ3n) is 3.71. The first-order chi connectivity index (χ1) is 6.54. The van der Waals surface area contributed by atoms with Gasteiger partial charge in [-0.05, 0) is 38.3 Å². The maximum absolute atomic E-state index is 10.0. The molecule has 1 saturated carbocycles. The van der Waals surface area contributed by atoms with E-state index in [2.05, 4.69) is 32.7 Å². The minimum atomic E-state index is -0.0808. The number of hydrogen-bond donors (Lipinski definition) is 1. The molecule has 2 nitrogen and oxygen atoms in total. The molecule has 0 aromatic carbocycles. The first kappa shape index (κ1) is 12.0. The smallest absolute Gasteiger partial charge is 0.0585 e. The van der Waals surface area contributed by atoms with Gasteiger partial charge in [0.2, 0.25) is 0 Å². The molecule has 0 radical (unpaired) electrons. The molecule has 4 atom stereocenters. The van der Waals surface area contributed by atoms with Crippen molar-refractivity contribution in [2.45, 2.75) is 39.7 Å². The van der Waals surface area contributed by atoms with Crippen LogP contribution >= 0.6 is 0 Å². The third-order valence-corrected chi connectivity index (χ3v) is 3.71. The number of rotatable bonds is 3. The largest absolute Gasteiger partial charge is 0.393 e. The van der Waals surface area contributed by atoms with Gasteiger partial charge in [0.05, 0.1) is 6.10 Å². The van der Waals surface area contributed by atoms with Crippen molar-refractivity contribution < 1.29 is 5.11 Å². The van der Waals surface area contributed by atoms with E-state index >= 15 is 0 Å². The third kappa shape index (κ3) is 2.96. The zero-order valence-corrected chi connectivity index (χ0v) is 10.0. The number of aliphatic hydroxyl groups is 1. The molecular formula is C12H25NO. The Morgan fingerprint density at radius 2 is 1.93 bits per heavy atom. The van der Waals surface area contributed by atoms with Crippen LogP contribution in [0.25, 0.3) is 0 Å². The van der Waals surface area contributed by atoms with Gasteiger partial charge < -0.3 is 10.0 Å². The highest BCUT2D eigenvalue weighted by molar-refractivity contribution is 4.84. The molecule has 1 N–H and O–H groups in total. The fourth-order valence-corrected chi connectivity index (χ4v) is 2.66. The number of nitrogens with zero attached hydrogens (tertiary/aromatic N) is 1. The second-order valence-electron chi connectivity index (χ2n) is 5.14. The molecule has 1 aliphatic rings. The van der Waals surface area contributed by atoms with Crippen LogP contribution in [0.3, 0.4) is 0 Å². The molecule has 1 rings (SSSR count). The molecule has 1 fully saturated rings. The van der Waals surface area contributed by atoms with Gasteiger partial charge in [-0.2, -0.15) is 0 Å². The first-order valence-electron chi connectivity index (χ1n) is 5.91. The Morgan fingerprint density at radius 3 is 2.43 bits per heavy atom. The van der Waals surface area contributed by atoms with E-state index in [1.165, 1.54) is 6.42 Å². The Bertz CT molecular complexity index is 160. The molecule has 4 unspecified atom stereocenters. The average molecular weight is 199 g/mol. The molecule has 0 amide bonds. The fourth-order valence-electron chi connectivity index (χ4n) is 2.66. The van der Waals surface area contributed by atoms with Gasteiger partial charge in [-0.25, -0.2) is 0 Å². The highest BCUT2D eigenvalue weighted by atomic mass is 16.3. The Kier molecular flexibility index (Phi) is 4.39. The van der Waals surface area contributed by atoms with E-state index in [4.69, 9.17) is 0 Å². The Morgan fingerprint density at radius 1 is 1.29 bits per heavy atom. The summed E-state index contributed by atoms with van der Waals surface area (Å²) in [6, 6.07) is 0. The van der Waals surface area contributed by atoms with Crippen LogP contribution in [-0.2, 0) is 0 Å². The first-order valence-corrected chi connectivity index (χ1v) is 5.91.